The van der Waals surface area contributed by atoms with Crippen LogP contribution in [0.15, 0.2) is 66.7 Å². The second kappa shape index (κ2) is 10.1. The number of carbonyl (C=O) groups excluding carboxylic acids is 2. The fourth-order valence-corrected chi connectivity index (χ4v) is 4.04. The maximum atomic E-state index is 12.2. The second-order valence-electron chi connectivity index (χ2n) is 7.51. The zero-order valence-corrected chi connectivity index (χ0v) is 19.1. The van der Waals surface area contributed by atoms with Gasteiger partial charge in [0.05, 0.1) is 10.2 Å². The highest BCUT2D eigenvalue weighted by atomic mass is 32.1. The molecule has 0 saturated heterocycles. The number of anilines is 2. The Hall–Kier alpha value is -3.91. The summed E-state index contributed by atoms with van der Waals surface area (Å²) >= 11 is 1.32. The van der Waals surface area contributed by atoms with Crippen LogP contribution in [0.5, 0.6) is 11.5 Å². The number of fused-ring (bicyclic) bond motifs is 1. The number of rotatable bonds is 8. The molecule has 0 radical (unpaired) electrons. The van der Waals surface area contributed by atoms with Crippen molar-refractivity contribution in [3.05, 3.63) is 77.9 Å². The molecule has 2 N–H and O–H groups in total. The minimum atomic E-state index is -0.294. The average Bonchev–Trinajstić information content (AvgIpc) is 3.18. The third-order valence-electron chi connectivity index (χ3n) is 4.64. The topological polar surface area (TPSA) is 89.5 Å². The van der Waals surface area contributed by atoms with Crippen LogP contribution in [-0.4, -0.2) is 30.0 Å². The Bertz CT molecular complexity index is 1240. The van der Waals surface area contributed by atoms with Crippen molar-refractivity contribution in [2.24, 2.45) is 0 Å². The maximum Gasteiger partial charge on any atom is 0.264 e. The SMILES string of the molecule is Cc1cccc(OCC(=O)Nc2ccc3nc(NC(=O)COc4cccc(C)c4)sc3c2)c1. The van der Waals surface area contributed by atoms with Gasteiger partial charge in [-0.15, -0.1) is 0 Å². The van der Waals surface area contributed by atoms with E-state index in [1.54, 1.807) is 18.2 Å². The Morgan fingerprint density at radius 3 is 2.03 bits per heavy atom. The van der Waals surface area contributed by atoms with Crippen LogP contribution in [-0.2, 0) is 9.59 Å². The lowest BCUT2D eigenvalue weighted by Crippen LogP contribution is -2.20. The molecule has 0 aliphatic rings. The Kier molecular flexibility index (Phi) is 6.85. The van der Waals surface area contributed by atoms with Crippen molar-refractivity contribution in [1.29, 1.82) is 0 Å². The van der Waals surface area contributed by atoms with Crippen molar-refractivity contribution in [1.82, 2.24) is 4.98 Å². The number of hydrogen-bond donors (Lipinski definition) is 2. The van der Waals surface area contributed by atoms with Gasteiger partial charge in [-0.3, -0.25) is 14.9 Å². The van der Waals surface area contributed by atoms with E-state index in [0.717, 1.165) is 21.3 Å². The van der Waals surface area contributed by atoms with Crippen LogP contribution in [0.1, 0.15) is 11.1 Å². The molecule has 0 atom stereocenters. The van der Waals surface area contributed by atoms with Crippen molar-refractivity contribution >= 4 is 44.2 Å². The van der Waals surface area contributed by atoms with E-state index in [0.29, 0.717) is 22.3 Å². The number of carbonyl (C=O) groups is 2. The molecule has 0 fully saturated rings. The van der Waals surface area contributed by atoms with Crippen LogP contribution in [0, 0.1) is 13.8 Å². The lowest BCUT2D eigenvalue weighted by Gasteiger charge is -2.08. The monoisotopic (exact) mass is 461 g/mol. The highest BCUT2D eigenvalue weighted by Gasteiger charge is 2.11. The lowest BCUT2D eigenvalue weighted by atomic mass is 10.2. The summed E-state index contributed by atoms with van der Waals surface area (Å²) in [5.41, 5.74) is 3.48. The summed E-state index contributed by atoms with van der Waals surface area (Å²) in [5, 5.41) is 6.04. The van der Waals surface area contributed by atoms with Gasteiger partial charge in [0.1, 0.15) is 11.5 Å². The lowest BCUT2D eigenvalue weighted by molar-refractivity contribution is -0.118. The number of aryl methyl sites for hydroxylation is 2. The van der Waals surface area contributed by atoms with Gasteiger partial charge in [0, 0.05) is 5.69 Å². The molecule has 0 bridgehead atoms. The smallest absolute Gasteiger partial charge is 0.264 e. The van der Waals surface area contributed by atoms with Gasteiger partial charge < -0.3 is 14.8 Å². The summed E-state index contributed by atoms with van der Waals surface area (Å²) in [6.45, 7) is 3.72. The van der Waals surface area contributed by atoms with E-state index in [1.165, 1.54) is 11.3 Å². The molecule has 33 heavy (non-hydrogen) atoms. The first-order valence-corrected chi connectivity index (χ1v) is 11.2. The number of benzene rings is 3. The first-order chi connectivity index (χ1) is 15.9. The largest absolute Gasteiger partial charge is 0.484 e. The van der Waals surface area contributed by atoms with Gasteiger partial charge >= 0.3 is 0 Å². The average molecular weight is 462 g/mol. The number of aromatic nitrogens is 1. The highest BCUT2D eigenvalue weighted by molar-refractivity contribution is 7.22. The summed E-state index contributed by atoms with van der Waals surface area (Å²) in [4.78, 5) is 28.9. The molecule has 0 unspecified atom stereocenters. The molecule has 0 aliphatic carbocycles. The van der Waals surface area contributed by atoms with Gasteiger partial charge in [-0.2, -0.15) is 0 Å². The molecular formula is C25H23N3O4S. The molecular weight excluding hydrogens is 438 g/mol. The van der Waals surface area contributed by atoms with Crippen molar-refractivity contribution in [3.8, 4) is 11.5 Å². The van der Waals surface area contributed by atoms with E-state index in [-0.39, 0.29) is 25.0 Å². The molecule has 7 nitrogen and oxygen atoms in total. The molecule has 1 heterocycles. The van der Waals surface area contributed by atoms with Crippen molar-refractivity contribution < 1.29 is 19.1 Å². The summed E-state index contributed by atoms with van der Waals surface area (Å²) in [6, 6.07) is 20.4. The molecule has 168 valence electrons. The Morgan fingerprint density at radius 2 is 1.42 bits per heavy atom. The summed E-state index contributed by atoms with van der Waals surface area (Å²) in [7, 11) is 0. The molecule has 2 amide bonds. The fourth-order valence-electron chi connectivity index (χ4n) is 3.12. The summed E-state index contributed by atoms with van der Waals surface area (Å²) in [5.74, 6) is 0.732. The van der Waals surface area contributed by atoms with Crippen LogP contribution >= 0.6 is 11.3 Å². The predicted molar refractivity (Wildman–Crippen MR) is 130 cm³/mol. The van der Waals surface area contributed by atoms with Gasteiger partial charge in [0.25, 0.3) is 11.8 Å². The zero-order valence-electron chi connectivity index (χ0n) is 18.3. The van der Waals surface area contributed by atoms with Gasteiger partial charge in [-0.25, -0.2) is 4.98 Å². The van der Waals surface area contributed by atoms with E-state index in [1.807, 2.05) is 62.4 Å². The molecule has 1 aromatic heterocycles. The molecule has 0 aliphatic heterocycles. The van der Waals surface area contributed by atoms with Gasteiger partial charge in [-0.05, 0) is 67.4 Å². The molecule has 4 aromatic rings. The number of hydrogen-bond acceptors (Lipinski definition) is 6. The highest BCUT2D eigenvalue weighted by Crippen LogP contribution is 2.28. The summed E-state index contributed by atoms with van der Waals surface area (Å²) < 4.78 is 11.9. The number of nitrogens with one attached hydrogen (secondary N) is 2. The zero-order chi connectivity index (χ0) is 23.2. The molecule has 3 aromatic carbocycles. The van der Waals surface area contributed by atoms with E-state index in [2.05, 4.69) is 15.6 Å². The van der Waals surface area contributed by atoms with Gasteiger partial charge in [0.15, 0.2) is 18.3 Å². The van der Waals surface area contributed by atoms with E-state index < -0.39 is 0 Å². The van der Waals surface area contributed by atoms with Crippen LogP contribution in [0.3, 0.4) is 0 Å². The van der Waals surface area contributed by atoms with E-state index in [4.69, 9.17) is 9.47 Å². The standard InChI is InChI=1S/C25H23N3O4S/c1-16-5-3-7-19(11-16)31-14-23(29)26-18-9-10-21-22(13-18)33-25(27-21)28-24(30)15-32-20-8-4-6-17(2)12-20/h3-13H,14-15H2,1-2H3,(H,26,29)(H,27,28,30). The quantitative estimate of drug-likeness (QED) is 0.388. The third kappa shape index (κ3) is 6.30. The number of nitrogens with zero attached hydrogens (tertiary/aromatic N) is 1. The number of amides is 2. The van der Waals surface area contributed by atoms with Crippen LogP contribution in [0.2, 0.25) is 0 Å². The number of thiazole rings is 1. The fraction of sp³-hybridized carbons (Fsp3) is 0.160. The van der Waals surface area contributed by atoms with E-state index >= 15 is 0 Å². The normalized spacial score (nSPS) is 10.6. The Labute approximate surface area is 195 Å². The molecule has 0 spiro atoms. The molecule has 0 saturated carbocycles. The van der Waals surface area contributed by atoms with Crippen LogP contribution in [0.25, 0.3) is 10.2 Å². The Balaban J connectivity index is 1.31. The Morgan fingerprint density at radius 1 is 0.818 bits per heavy atom. The van der Waals surface area contributed by atoms with Gasteiger partial charge in [0.2, 0.25) is 0 Å². The van der Waals surface area contributed by atoms with E-state index in [9.17, 15) is 9.59 Å². The maximum absolute atomic E-state index is 12.2. The minimum Gasteiger partial charge on any atom is -0.484 e. The van der Waals surface area contributed by atoms with Crippen LogP contribution < -0.4 is 20.1 Å². The van der Waals surface area contributed by atoms with Crippen molar-refractivity contribution in [2.75, 3.05) is 23.8 Å². The number of ether oxygens (including phenoxy) is 2. The third-order valence-corrected chi connectivity index (χ3v) is 5.57. The first kappa shape index (κ1) is 22.3. The first-order valence-electron chi connectivity index (χ1n) is 10.3. The van der Waals surface area contributed by atoms with Crippen LogP contribution in [0.4, 0.5) is 10.8 Å². The van der Waals surface area contributed by atoms with Crippen molar-refractivity contribution in [3.63, 3.8) is 0 Å². The van der Waals surface area contributed by atoms with Crippen molar-refractivity contribution in [2.45, 2.75) is 13.8 Å². The minimum absolute atomic E-state index is 0.0908. The summed E-state index contributed by atoms with van der Waals surface area (Å²) in [6.07, 6.45) is 0. The second-order valence-corrected chi connectivity index (χ2v) is 8.54. The molecule has 8 heteroatoms. The predicted octanol–water partition coefficient (Wildman–Crippen LogP) is 4.95. The molecule has 4 rings (SSSR count). The van der Waals surface area contributed by atoms with Gasteiger partial charge in [-0.1, -0.05) is 35.6 Å².